The third-order valence-corrected chi connectivity index (χ3v) is 5.55. The zero-order valence-electron chi connectivity index (χ0n) is 17.3. The number of nitrogens with one attached hydrogen (secondary N) is 1. The van der Waals surface area contributed by atoms with Crippen LogP contribution in [0.2, 0.25) is 0 Å². The van der Waals surface area contributed by atoms with E-state index < -0.39 is 0 Å². The number of aryl methyl sites for hydroxylation is 1. The SMILES string of the molecule is Cc1cc(/C=N\NC(=O)c2ccc(N3CCCC3)cc2)c(C)n1-c1ccc(O)cc1. The van der Waals surface area contributed by atoms with Gasteiger partial charge in [-0.1, -0.05) is 0 Å². The summed E-state index contributed by atoms with van der Waals surface area (Å²) in [4.78, 5) is 14.7. The zero-order valence-corrected chi connectivity index (χ0v) is 17.3. The van der Waals surface area contributed by atoms with Gasteiger partial charge in [0.1, 0.15) is 5.75 Å². The number of hydrazone groups is 1. The Bertz CT molecular complexity index is 1060. The summed E-state index contributed by atoms with van der Waals surface area (Å²) in [6.45, 7) is 6.18. The summed E-state index contributed by atoms with van der Waals surface area (Å²) in [7, 11) is 0. The maximum Gasteiger partial charge on any atom is 0.271 e. The second-order valence-electron chi connectivity index (χ2n) is 7.62. The van der Waals surface area contributed by atoms with E-state index in [2.05, 4.69) is 20.0 Å². The number of amides is 1. The molecule has 2 N–H and O–H groups in total. The Morgan fingerprint density at radius 1 is 1.00 bits per heavy atom. The number of rotatable bonds is 5. The number of benzene rings is 2. The van der Waals surface area contributed by atoms with Crippen LogP contribution in [0, 0.1) is 13.8 Å². The molecule has 4 rings (SSSR count). The van der Waals surface area contributed by atoms with Crippen molar-refractivity contribution in [2.75, 3.05) is 18.0 Å². The number of phenolic OH excluding ortho intramolecular Hbond substituents is 1. The molecule has 1 aliphatic rings. The second-order valence-corrected chi connectivity index (χ2v) is 7.62. The number of aromatic hydroxyl groups is 1. The molecule has 1 aliphatic heterocycles. The fraction of sp³-hybridized carbons (Fsp3) is 0.250. The summed E-state index contributed by atoms with van der Waals surface area (Å²) in [5.74, 6) is 0.00531. The fourth-order valence-electron chi connectivity index (χ4n) is 3.94. The second kappa shape index (κ2) is 8.45. The van der Waals surface area contributed by atoms with Crippen LogP contribution in [0.5, 0.6) is 5.75 Å². The van der Waals surface area contributed by atoms with Crippen LogP contribution in [0.4, 0.5) is 5.69 Å². The standard InChI is InChI=1S/C24H26N4O2/c1-17-15-20(18(2)28(17)22-9-11-23(29)12-10-22)16-25-26-24(30)19-5-7-21(8-6-19)27-13-3-4-14-27/h5-12,15-16,29H,3-4,13-14H2,1-2H3,(H,26,30)/b25-16-. The van der Waals surface area contributed by atoms with Gasteiger partial charge in [-0.2, -0.15) is 5.10 Å². The molecular weight excluding hydrogens is 376 g/mol. The molecule has 6 heteroatoms. The first kappa shape index (κ1) is 19.8. The average molecular weight is 402 g/mol. The highest BCUT2D eigenvalue weighted by Gasteiger charge is 2.13. The predicted octanol–water partition coefficient (Wildman–Crippen LogP) is 4.16. The van der Waals surface area contributed by atoms with E-state index in [0.29, 0.717) is 5.56 Å². The molecule has 0 aliphatic carbocycles. The van der Waals surface area contributed by atoms with Crippen LogP contribution >= 0.6 is 0 Å². The van der Waals surface area contributed by atoms with Crippen molar-refractivity contribution in [3.63, 3.8) is 0 Å². The van der Waals surface area contributed by atoms with Gasteiger partial charge in [0.2, 0.25) is 0 Å². The number of carbonyl (C=O) groups is 1. The molecule has 6 nitrogen and oxygen atoms in total. The Kier molecular flexibility index (Phi) is 5.57. The first-order chi connectivity index (χ1) is 14.5. The van der Waals surface area contributed by atoms with E-state index in [1.807, 2.05) is 56.3 Å². The van der Waals surface area contributed by atoms with E-state index in [-0.39, 0.29) is 11.7 Å². The highest BCUT2D eigenvalue weighted by Crippen LogP contribution is 2.22. The quantitative estimate of drug-likeness (QED) is 0.497. The van der Waals surface area contributed by atoms with Crippen molar-refractivity contribution in [1.82, 2.24) is 9.99 Å². The van der Waals surface area contributed by atoms with Crippen molar-refractivity contribution in [3.05, 3.63) is 77.1 Å². The van der Waals surface area contributed by atoms with Crippen LogP contribution in [-0.4, -0.2) is 34.9 Å². The Hall–Kier alpha value is -3.54. The molecule has 2 aromatic carbocycles. The lowest BCUT2D eigenvalue weighted by Crippen LogP contribution is -2.19. The van der Waals surface area contributed by atoms with Crippen LogP contribution in [0.25, 0.3) is 5.69 Å². The normalized spacial score (nSPS) is 13.9. The van der Waals surface area contributed by atoms with Crippen molar-refractivity contribution in [2.45, 2.75) is 26.7 Å². The van der Waals surface area contributed by atoms with Gasteiger partial charge in [-0.15, -0.1) is 0 Å². The largest absolute Gasteiger partial charge is 0.508 e. The molecule has 0 atom stereocenters. The van der Waals surface area contributed by atoms with Gasteiger partial charge >= 0.3 is 0 Å². The van der Waals surface area contributed by atoms with Gasteiger partial charge in [-0.25, -0.2) is 5.43 Å². The van der Waals surface area contributed by atoms with Crippen LogP contribution in [-0.2, 0) is 0 Å². The van der Waals surface area contributed by atoms with Gasteiger partial charge in [0.05, 0.1) is 6.21 Å². The van der Waals surface area contributed by atoms with Gasteiger partial charge in [0.25, 0.3) is 5.91 Å². The van der Waals surface area contributed by atoms with Crippen molar-refractivity contribution < 1.29 is 9.90 Å². The molecule has 1 fully saturated rings. The van der Waals surface area contributed by atoms with Crippen LogP contribution in [0.1, 0.15) is 40.2 Å². The molecule has 1 saturated heterocycles. The maximum atomic E-state index is 12.4. The van der Waals surface area contributed by atoms with Crippen LogP contribution in [0.3, 0.4) is 0 Å². The monoisotopic (exact) mass is 402 g/mol. The van der Waals surface area contributed by atoms with Gasteiger partial charge in [-0.3, -0.25) is 4.79 Å². The van der Waals surface area contributed by atoms with Crippen molar-refractivity contribution >= 4 is 17.8 Å². The van der Waals surface area contributed by atoms with E-state index in [1.54, 1.807) is 18.3 Å². The summed E-state index contributed by atoms with van der Waals surface area (Å²) < 4.78 is 2.08. The highest BCUT2D eigenvalue weighted by atomic mass is 16.3. The minimum Gasteiger partial charge on any atom is -0.508 e. The first-order valence-electron chi connectivity index (χ1n) is 10.2. The maximum absolute atomic E-state index is 12.4. The lowest BCUT2D eigenvalue weighted by molar-refractivity contribution is 0.0955. The molecule has 3 aromatic rings. The minimum absolute atomic E-state index is 0.230. The van der Waals surface area contributed by atoms with Gasteiger partial charge in [-0.05, 0) is 81.3 Å². The molecule has 154 valence electrons. The summed E-state index contributed by atoms with van der Waals surface area (Å²) in [6, 6.07) is 16.7. The Labute approximate surface area is 176 Å². The van der Waals surface area contributed by atoms with Crippen molar-refractivity contribution in [2.24, 2.45) is 5.10 Å². The molecule has 0 bridgehead atoms. The first-order valence-corrected chi connectivity index (χ1v) is 10.2. The molecule has 1 amide bonds. The van der Waals surface area contributed by atoms with Gasteiger partial charge in [0, 0.05) is 47.0 Å². The fourth-order valence-corrected chi connectivity index (χ4v) is 3.94. The Balaban J connectivity index is 1.43. The number of hydrogen-bond acceptors (Lipinski definition) is 4. The van der Waals surface area contributed by atoms with E-state index in [9.17, 15) is 9.90 Å². The average Bonchev–Trinajstić information content (AvgIpc) is 3.38. The van der Waals surface area contributed by atoms with Gasteiger partial charge < -0.3 is 14.6 Å². The third kappa shape index (κ3) is 4.08. The molecular formula is C24H26N4O2. The van der Waals surface area contributed by atoms with E-state index in [1.165, 1.54) is 12.8 Å². The predicted molar refractivity (Wildman–Crippen MR) is 120 cm³/mol. The molecule has 2 heterocycles. The Morgan fingerprint density at radius 3 is 2.30 bits per heavy atom. The molecule has 1 aromatic heterocycles. The van der Waals surface area contributed by atoms with Crippen molar-refractivity contribution in [3.8, 4) is 11.4 Å². The number of phenols is 1. The topological polar surface area (TPSA) is 69.9 Å². The Morgan fingerprint density at radius 2 is 1.63 bits per heavy atom. The molecule has 30 heavy (non-hydrogen) atoms. The number of hydrogen-bond donors (Lipinski definition) is 2. The summed E-state index contributed by atoms with van der Waals surface area (Å²) in [5, 5.41) is 13.7. The molecule has 0 radical (unpaired) electrons. The van der Waals surface area contributed by atoms with E-state index in [0.717, 1.165) is 41.4 Å². The molecule has 0 spiro atoms. The summed E-state index contributed by atoms with van der Waals surface area (Å²) in [5.41, 5.74) is 8.30. The minimum atomic E-state index is -0.230. The highest BCUT2D eigenvalue weighted by molar-refractivity contribution is 5.95. The van der Waals surface area contributed by atoms with Crippen LogP contribution < -0.4 is 10.3 Å². The summed E-state index contributed by atoms with van der Waals surface area (Å²) in [6.07, 6.45) is 4.12. The number of aromatic nitrogens is 1. The number of carbonyl (C=O) groups excluding carboxylic acids is 1. The van der Waals surface area contributed by atoms with Gasteiger partial charge in [0.15, 0.2) is 0 Å². The zero-order chi connectivity index (χ0) is 21.1. The lowest BCUT2D eigenvalue weighted by atomic mass is 10.2. The number of anilines is 1. The third-order valence-electron chi connectivity index (χ3n) is 5.55. The van der Waals surface area contributed by atoms with E-state index in [4.69, 9.17) is 0 Å². The lowest BCUT2D eigenvalue weighted by Gasteiger charge is -2.17. The summed E-state index contributed by atoms with van der Waals surface area (Å²) >= 11 is 0. The van der Waals surface area contributed by atoms with Crippen molar-refractivity contribution in [1.29, 1.82) is 0 Å². The number of nitrogens with zero attached hydrogens (tertiary/aromatic N) is 3. The molecule has 0 saturated carbocycles. The molecule has 0 unspecified atom stereocenters. The van der Waals surface area contributed by atoms with Crippen LogP contribution in [0.15, 0.2) is 59.7 Å². The smallest absolute Gasteiger partial charge is 0.271 e. The van der Waals surface area contributed by atoms with E-state index >= 15 is 0 Å².